The molecule has 0 aliphatic rings. The number of nitrogens with one attached hydrogen (secondary N) is 1. The van der Waals surface area contributed by atoms with Gasteiger partial charge in [-0.25, -0.2) is 4.98 Å². The molecule has 0 saturated heterocycles. The van der Waals surface area contributed by atoms with Gasteiger partial charge in [-0.15, -0.1) is 0 Å². The molecular formula is C13H13ClIN3O. The lowest BCUT2D eigenvalue weighted by atomic mass is 10.3. The SMILES string of the molecule is CCCNc1ncc(Cl)c(Oc2ccccc2I)n1. The van der Waals surface area contributed by atoms with Gasteiger partial charge < -0.3 is 10.1 Å². The van der Waals surface area contributed by atoms with Gasteiger partial charge in [0.1, 0.15) is 10.8 Å². The number of hydrogen-bond donors (Lipinski definition) is 1. The normalized spacial score (nSPS) is 10.3. The molecule has 0 spiro atoms. The first kappa shape index (κ1) is 14.3. The number of halogens is 2. The smallest absolute Gasteiger partial charge is 0.243 e. The molecule has 0 radical (unpaired) electrons. The highest BCUT2D eigenvalue weighted by Gasteiger charge is 2.09. The topological polar surface area (TPSA) is 47.0 Å². The fourth-order valence-electron chi connectivity index (χ4n) is 1.38. The van der Waals surface area contributed by atoms with E-state index in [0.717, 1.165) is 22.3 Å². The summed E-state index contributed by atoms with van der Waals surface area (Å²) in [5, 5.41) is 3.49. The van der Waals surface area contributed by atoms with E-state index in [1.807, 2.05) is 24.3 Å². The highest BCUT2D eigenvalue weighted by molar-refractivity contribution is 14.1. The summed E-state index contributed by atoms with van der Waals surface area (Å²) in [6, 6.07) is 7.69. The van der Waals surface area contributed by atoms with Crippen molar-refractivity contribution in [3.8, 4) is 11.6 Å². The molecular weight excluding hydrogens is 377 g/mol. The van der Waals surface area contributed by atoms with Crippen LogP contribution in [0.4, 0.5) is 5.95 Å². The zero-order valence-corrected chi connectivity index (χ0v) is 13.3. The van der Waals surface area contributed by atoms with Gasteiger partial charge in [-0.2, -0.15) is 4.98 Å². The molecule has 1 heterocycles. The second-order valence-electron chi connectivity index (χ2n) is 3.81. The van der Waals surface area contributed by atoms with E-state index in [2.05, 4.69) is 44.8 Å². The van der Waals surface area contributed by atoms with Crippen LogP contribution in [0.2, 0.25) is 5.02 Å². The summed E-state index contributed by atoms with van der Waals surface area (Å²) in [6.45, 7) is 2.89. The average Bonchev–Trinajstić information content (AvgIpc) is 2.42. The van der Waals surface area contributed by atoms with Crippen molar-refractivity contribution in [2.75, 3.05) is 11.9 Å². The lowest BCUT2D eigenvalue weighted by Gasteiger charge is -2.09. The molecule has 19 heavy (non-hydrogen) atoms. The fraction of sp³-hybridized carbons (Fsp3) is 0.231. The first-order valence-corrected chi connectivity index (χ1v) is 7.35. The predicted molar refractivity (Wildman–Crippen MR) is 85.1 cm³/mol. The van der Waals surface area contributed by atoms with Crippen molar-refractivity contribution in [3.05, 3.63) is 39.1 Å². The minimum absolute atomic E-state index is 0.361. The Morgan fingerprint density at radius 1 is 1.37 bits per heavy atom. The number of hydrogen-bond acceptors (Lipinski definition) is 4. The third kappa shape index (κ3) is 3.94. The third-order valence-electron chi connectivity index (χ3n) is 2.29. The van der Waals surface area contributed by atoms with Gasteiger partial charge in [-0.3, -0.25) is 0 Å². The standard InChI is InChI=1S/C13H13ClIN3O/c1-2-7-16-13-17-8-9(14)12(18-13)19-11-6-4-3-5-10(11)15/h3-6,8H,2,7H2,1H3,(H,16,17,18). The number of ether oxygens (including phenoxy) is 1. The lowest BCUT2D eigenvalue weighted by molar-refractivity contribution is 0.459. The Bertz CT molecular complexity index is 565. The van der Waals surface area contributed by atoms with Crippen LogP contribution in [-0.2, 0) is 0 Å². The Morgan fingerprint density at radius 2 is 2.16 bits per heavy atom. The van der Waals surface area contributed by atoms with E-state index in [1.54, 1.807) is 0 Å². The molecule has 6 heteroatoms. The number of anilines is 1. The van der Waals surface area contributed by atoms with Gasteiger partial charge in [-0.05, 0) is 41.1 Å². The quantitative estimate of drug-likeness (QED) is 0.772. The van der Waals surface area contributed by atoms with Gasteiger partial charge in [-0.1, -0.05) is 30.7 Å². The summed E-state index contributed by atoms with van der Waals surface area (Å²) in [5.74, 6) is 1.61. The Kier molecular flexibility index (Phi) is 5.21. The van der Waals surface area contributed by atoms with E-state index < -0.39 is 0 Å². The maximum Gasteiger partial charge on any atom is 0.243 e. The zero-order chi connectivity index (χ0) is 13.7. The van der Waals surface area contributed by atoms with Gasteiger partial charge in [0.05, 0.1) is 9.77 Å². The monoisotopic (exact) mass is 389 g/mol. The molecule has 2 aromatic rings. The Labute approximate surface area is 130 Å². The summed E-state index contributed by atoms with van der Waals surface area (Å²) in [6.07, 6.45) is 2.54. The van der Waals surface area contributed by atoms with Crippen LogP contribution in [0.1, 0.15) is 13.3 Å². The molecule has 1 aromatic heterocycles. The maximum atomic E-state index is 6.05. The highest BCUT2D eigenvalue weighted by atomic mass is 127. The van der Waals surface area contributed by atoms with E-state index in [9.17, 15) is 0 Å². The molecule has 4 nitrogen and oxygen atoms in total. The third-order valence-corrected chi connectivity index (χ3v) is 3.44. The fourth-order valence-corrected chi connectivity index (χ4v) is 2.00. The van der Waals surface area contributed by atoms with Crippen LogP contribution >= 0.6 is 34.2 Å². The van der Waals surface area contributed by atoms with Crippen LogP contribution in [0.15, 0.2) is 30.5 Å². The second-order valence-corrected chi connectivity index (χ2v) is 5.38. The number of aromatic nitrogens is 2. The number of benzene rings is 1. The lowest BCUT2D eigenvalue weighted by Crippen LogP contribution is -2.05. The van der Waals surface area contributed by atoms with Gasteiger partial charge in [0.2, 0.25) is 11.8 Å². The molecule has 0 saturated carbocycles. The molecule has 1 N–H and O–H groups in total. The summed E-state index contributed by atoms with van der Waals surface area (Å²) in [4.78, 5) is 8.37. The van der Waals surface area contributed by atoms with E-state index in [0.29, 0.717) is 16.9 Å². The van der Waals surface area contributed by atoms with E-state index in [1.165, 1.54) is 6.20 Å². The number of nitrogens with zero attached hydrogens (tertiary/aromatic N) is 2. The molecule has 0 unspecified atom stereocenters. The molecule has 0 bridgehead atoms. The Morgan fingerprint density at radius 3 is 2.89 bits per heavy atom. The summed E-state index contributed by atoms with van der Waals surface area (Å²) < 4.78 is 6.73. The van der Waals surface area contributed by atoms with Gasteiger partial charge in [0, 0.05) is 6.54 Å². The molecule has 100 valence electrons. The van der Waals surface area contributed by atoms with Gasteiger partial charge >= 0.3 is 0 Å². The number of para-hydroxylation sites is 1. The van der Waals surface area contributed by atoms with Gasteiger partial charge in [0.25, 0.3) is 0 Å². The van der Waals surface area contributed by atoms with Crippen LogP contribution in [0, 0.1) is 3.57 Å². The summed E-state index contributed by atoms with van der Waals surface area (Å²) in [5.41, 5.74) is 0. The highest BCUT2D eigenvalue weighted by Crippen LogP contribution is 2.30. The van der Waals surface area contributed by atoms with Crippen LogP contribution in [-0.4, -0.2) is 16.5 Å². The Hall–Kier alpha value is -1.08. The molecule has 0 aliphatic heterocycles. The van der Waals surface area contributed by atoms with Crippen molar-refractivity contribution in [3.63, 3.8) is 0 Å². The molecule has 0 atom stereocenters. The second kappa shape index (κ2) is 6.91. The molecule has 1 aromatic carbocycles. The van der Waals surface area contributed by atoms with Crippen LogP contribution < -0.4 is 10.1 Å². The molecule has 2 rings (SSSR count). The predicted octanol–water partition coefficient (Wildman–Crippen LogP) is 4.35. The maximum absolute atomic E-state index is 6.05. The zero-order valence-electron chi connectivity index (χ0n) is 10.4. The number of rotatable bonds is 5. The van der Waals surface area contributed by atoms with Gasteiger partial charge in [0.15, 0.2) is 0 Å². The van der Waals surface area contributed by atoms with Crippen LogP contribution in [0.3, 0.4) is 0 Å². The van der Waals surface area contributed by atoms with E-state index in [-0.39, 0.29) is 0 Å². The Balaban J connectivity index is 2.21. The van der Waals surface area contributed by atoms with Crippen LogP contribution in [0.5, 0.6) is 11.6 Å². The van der Waals surface area contributed by atoms with Crippen molar-refractivity contribution >= 4 is 40.1 Å². The van der Waals surface area contributed by atoms with Crippen molar-refractivity contribution in [2.45, 2.75) is 13.3 Å². The first-order valence-electron chi connectivity index (χ1n) is 5.89. The minimum atomic E-state index is 0.361. The van der Waals surface area contributed by atoms with Crippen molar-refractivity contribution in [1.82, 2.24) is 9.97 Å². The summed E-state index contributed by atoms with van der Waals surface area (Å²) in [7, 11) is 0. The minimum Gasteiger partial charge on any atom is -0.436 e. The molecule has 0 fully saturated rings. The average molecular weight is 390 g/mol. The van der Waals surface area contributed by atoms with Crippen LogP contribution in [0.25, 0.3) is 0 Å². The summed E-state index contributed by atoms with van der Waals surface area (Å²) >= 11 is 8.26. The largest absolute Gasteiger partial charge is 0.436 e. The van der Waals surface area contributed by atoms with Crippen molar-refractivity contribution in [1.29, 1.82) is 0 Å². The molecule has 0 aliphatic carbocycles. The first-order chi connectivity index (χ1) is 9.20. The molecule has 0 amide bonds. The van der Waals surface area contributed by atoms with E-state index in [4.69, 9.17) is 16.3 Å². The van der Waals surface area contributed by atoms with Crippen molar-refractivity contribution < 1.29 is 4.74 Å². The van der Waals surface area contributed by atoms with E-state index >= 15 is 0 Å². The van der Waals surface area contributed by atoms with Crippen molar-refractivity contribution in [2.24, 2.45) is 0 Å².